The number of aliphatic carboxylic acids is 1. The third-order valence-electron chi connectivity index (χ3n) is 3.00. The third-order valence-corrected chi connectivity index (χ3v) is 3.00. The molecule has 0 radical (unpaired) electrons. The lowest BCUT2D eigenvalue weighted by molar-refractivity contribution is -0.141. The van der Waals surface area contributed by atoms with E-state index in [2.05, 4.69) is 5.32 Å². The van der Waals surface area contributed by atoms with E-state index >= 15 is 0 Å². The summed E-state index contributed by atoms with van der Waals surface area (Å²) in [4.78, 5) is 21.8. The molecule has 1 aliphatic rings. The van der Waals surface area contributed by atoms with Crippen LogP contribution in [0, 0.1) is 5.92 Å². The van der Waals surface area contributed by atoms with Gasteiger partial charge in [-0.05, 0) is 19.3 Å². The molecule has 0 heterocycles. The first-order valence-electron chi connectivity index (χ1n) is 5.61. The zero-order valence-corrected chi connectivity index (χ0v) is 9.16. The summed E-state index contributed by atoms with van der Waals surface area (Å²) in [6.45, 7) is 1.48. The van der Waals surface area contributed by atoms with Crippen LogP contribution in [0.4, 0.5) is 0 Å². The van der Waals surface area contributed by atoms with Crippen molar-refractivity contribution in [3.05, 3.63) is 0 Å². The molecule has 2 N–H and O–H groups in total. The van der Waals surface area contributed by atoms with Crippen molar-refractivity contribution in [2.45, 2.75) is 51.5 Å². The highest BCUT2D eigenvalue weighted by molar-refractivity contribution is 5.83. The molecule has 86 valence electrons. The van der Waals surface area contributed by atoms with Crippen LogP contribution < -0.4 is 5.32 Å². The van der Waals surface area contributed by atoms with Crippen molar-refractivity contribution in [2.75, 3.05) is 0 Å². The summed E-state index contributed by atoms with van der Waals surface area (Å²) in [5, 5.41) is 11.1. The van der Waals surface area contributed by atoms with Crippen molar-refractivity contribution in [3.8, 4) is 0 Å². The van der Waals surface area contributed by atoms with E-state index in [1.165, 1.54) is 32.6 Å². The van der Waals surface area contributed by atoms with Gasteiger partial charge in [0.05, 0.1) is 0 Å². The molecule has 1 atom stereocenters. The standard InChI is InChI=1S/C11H19NO3/c1-8(11(14)15)12-10(13)7-6-9-4-2-3-5-9/h8-9H,2-7H2,1H3,(H,12,13)(H,14,15). The second-order valence-corrected chi connectivity index (χ2v) is 4.32. The molecule has 15 heavy (non-hydrogen) atoms. The number of nitrogens with one attached hydrogen (secondary N) is 1. The van der Waals surface area contributed by atoms with Gasteiger partial charge in [-0.2, -0.15) is 0 Å². The van der Waals surface area contributed by atoms with Gasteiger partial charge in [-0.25, -0.2) is 0 Å². The van der Waals surface area contributed by atoms with Gasteiger partial charge in [0.25, 0.3) is 0 Å². The molecule has 0 aliphatic heterocycles. The predicted molar refractivity (Wildman–Crippen MR) is 56.4 cm³/mol. The molecule has 1 amide bonds. The van der Waals surface area contributed by atoms with Crippen LogP contribution >= 0.6 is 0 Å². The lowest BCUT2D eigenvalue weighted by atomic mass is 10.0. The summed E-state index contributed by atoms with van der Waals surface area (Å²) in [5.74, 6) is -0.447. The van der Waals surface area contributed by atoms with Gasteiger partial charge in [0.15, 0.2) is 0 Å². The van der Waals surface area contributed by atoms with Gasteiger partial charge < -0.3 is 10.4 Å². The Balaban J connectivity index is 2.15. The summed E-state index contributed by atoms with van der Waals surface area (Å²) in [7, 11) is 0. The van der Waals surface area contributed by atoms with Crippen molar-refractivity contribution < 1.29 is 14.7 Å². The Morgan fingerprint density at radius 2 is 2.00 bits per heavy atom. The Bertz CT molecular complexity index is 234. The Hall–Kier alpha value is -1.06. The van der Waals surface area contributed by atoms with Gasteiger partial charge in [-0.1, -0.05) is 25.7 Å². The quantitative estimate of drug-likeness (QED) is 0.728. The first-order valence-corrected chi connectivity index (χ1v) is 5.61. The molecule has 1 fully saturated rings. The van der Waals surface area contributed by atoms with Gasteiger partial charge in [-0.3, -0.25) is 9.59 Å². The highest BCUT2D eigenvalue weighted by Gasteiger charge is 2.18. The molecular weight excluding hydrogens is 194 g/mol. The maximum absolute atomic E-state index is 11.3. The molecule has 0 aromatic rings. The Labute approximate surface area is 90.0 Å². The molecule has 0 saturated heterocycles. The zero-order valence-electron chi connectivity index (χ0n) is 9.16. The highest BCUT2D eigenvalue weighted by Crippen LogP contribution is 2.28. The lowest BCUT2D eigenvalue weighted by Gasteiger charge is -2.11. The Kier molecular flexibility index (Phi) is 4.59. The average Bonchev–Trinajstić information content (AvgIpc) is 2.66. The minimum atomic E-state index is -0.982. The van der Waals surface area contributed by atoms with Crippen molar-refractivity contribution in [1.29, 1.82) is 0 Å². The number of amides is 1. The fourth-order valence-corrected chi connectivity index (χ4v) is 2.01. The molecular formula is C11H19NO3. The van der Waals surface area contributed by atoms with Crippen LogP contribution in [0.3, 0.4) is 0 Å². The second kappa shape index (κ2) is 5.73. The smallest absolute Gasteiger partial charge is 0.325 e. The molecule has 0 aromatic heterocycles. The van der Waals surface area contributed by atoms with Crippen LogP contribution in [0.25, 0.3) is 0 Å². The first kappa shape index (κ1) is 12.0. The summed E-state index contributed by atoms with van der Waals surface area (Å²) >= 11 is 0. The third kappa shape index (κ3) is 4.32. The zero-order chi connectivity index (χ0) is 11.3. The van der Waals surface area contributed by atoms with E-state index in [0.717, 1.165) is 6.42 Å². The van der Waals surface area contributed by atoms with E-state index < -0.39 is 12.0 Å². The van der Waals surface area contributed by atoms with Gasteiger partial charge >= 0.3 is 5.97 Å². The fraction of sp³-hybridized carbons (Fsp3) is 0.818. The molecule has 0 spiro atoms. The second-order valence-electron chi connectivity index (χ2n) is 4.32. The number of rotatable bonds is 5. The van der Waals surface area contributed by atoms with Crippen LogP contribution in [0.1, 0.15) is 45.4 Å². The Morgan fingerprint density at radius 1 is 1.40 bits per heavy atom. The van der Waals surface area contributed by atoms with Crippen LogP contribution in [-0.2, 0) is 9.59 Å². The van der Waals surface area contributed by atoms with Crippen LogP contribution in [0.2, 0.25) is 0 Å². The van der Waals surface area contributed by atoms with Crippen molar-refractivity contribution in [3.63, 3.8) is 0 Å². The van der Waals surface area contributed by atoms with E-state index in [0.29, 0.717) is 12.3 Å². The largest absolute Gasteiger partial charge is 0.480 e. The van der Waals surface area contributed by atoms with Gasteiger partial charge in [0.2, 0.25) is 5.91 Å². The van der Waals surface area contributed by atoms with E-state index in [-0.39, 0.29) is 5.91 Å². The SMILES string of the molecule is CC(NC(=O)CCC1CCCC1)C(=O)O. The number of hydrogen-bond acceptors (Lipinski definition) is 2. The monoisotopic (exact) mass is 213 g/mol. The van der Waals surface area contributed by atoms with Gasteiger partial charge in [0, 0.05) is 6.42 Å². The van der Waals surface area contributed by atoms with E-state index in [1.54, 1.807) is 0 Å². The molecule has 4 nitrogen and oxygen atoms in total. The van der Waals surface area contributed by atoms with Crippen LogP contribution in [0.15, 0.2) is 0 Å². The number of carbonyl (C=O) groups excluding carboxylic acids is 1. The molecule has 1 rings (SSSR count). The topological polar surface area (TPSA) is 66.4 Å². The number of hydrogen-bond donors (Lipinski definition) is 2. The lowest BCUT2D eigenvalue weighted by Crippen LogP contribution is -2.38. The minimum Gasteiger partial charge on any atom is -0.480 e. The summed E-state index contributed by atoms with van der Waals surface area (Å²) in [6.07, 6.45) is 6.36. The van der Waals surface area contributed by atoms with E-state index in [4.69, 9.17) is 5.11 Å². The van der Waals surface area contributed by atoms with E-state index in [1.807, 2.05) is 0 Å². The van der Waals surface area contributed by atoms with Gasteiger partial charge in [-0.15, -0.1) is 0 Å². The number of carbonyl (C=O) groups is 2. The average molecular weight is 213 g/mol. The molecule has 1 saturated carbocycles. The predicted octanol–water partition coefficient (Wildman–Crippen LogP) is 1.55. The number of carboxylic acids is 1. The maximum Gasteiger partial charge on any atom is 0.325 e. The van der Waals surface area contributed by atoms with E-state index in [9.17, 15) is 9.59 Å². The fourth-order valence-electron chi connectivity index (χ4n) is 2.01. The summed E-state index contributed by atoms with van der Waals surface area (Å²) < 4.78 is 0. The number of carboxylic acid groups (broad SMARTS) is 1. The maximum atomic E-state index is 11.3. The molecule has 0 bridgehead atoms. The van der Waals surface area contributed by atoms with Crippen molar-refractivity contribution >= 4 is 11.9 Å². The minimum absolute atomic E-state index is 0.142. The summed E-state index contributed by atoms with van der Waals surface area (Å²) in [5.41, 5.74) is 0. The normalized spacial score (nSPS) is 18.7. The Morgan fingerprint density at radius 3 is 2.53 bits per heavy atom. The van der Waals surface area contributed by atoms with Crippen LogP contribution in [0.5, 0.6) is 0 Å². The first-order chi connectivity index (χ1) is 7.09. The van der Waals surface area contributed by atoms with Crippen molar-refractivity contribution in [2.24, 2.45) is 5.92 Å². The molecule has 4 heteroatoms. The van der Waals surface area contributed by atoms with Crippen molar-refractivity contribution in [1.82, 2.24) is 5.32 Å². The van der Waals surface area contributed by atoms with Gasteiger partial charge in [0.1, 0.15) is 6.04 Å². The van der Waals surface area contributed by atoms with Crippen LogP contribution in [-0.4, -0.2) is 23.0 Å². The highest BCUT2D eigenvalue weighted by atomic mass is 16.4. The molecule has 1 aliphatic carbocycles. The molecule has 1 unspecified atom stereocenters. The molecule has 0 aromatic carbocycles. The summed E-state index contributed by atoms with van der Waals surface area (Å²) in [6, 6.07) is -0.777.